The van der Waals surface area contributed by atoms with Crippen LogP contribution in [0.15, 0.2) is 18.2 Å². The highest BCUT2D eigenvalue weighted by Gasteiger charge is 2.09. The van der Waals surface area contributed by atoms with E-state index in [1.165, 1.54) is 0 Å². The highest BCUT2D eigenvalue weighted by Crippen LogP contribution is 2.18. The molecule has 1 aromatic rings. The van der Waals surface area contributed by atoms with Crippen molar-refractivity contribution < 1.29 is 14.9 Å². The van der Waals surface area contributed by atoms with Gasteiger partial charge in [-0.25, -0.2) is 0 Å². The van der Waals surface area contributed by atoms with Crippen molar-refractivity contribution in [2.24, 2.45) is 0 Å². The highest BCUT2D eigenvalue weighted by molar-refractivity contribution is 5.93. The molecule has 0 saturated carbocycles. The smallest absolute Gasteiger partial charge is 0.279 e. The molecule has 0 spiro atoms. The summed E-state index contributed by atoms with van der Waals surface area (Å²) >= 11 is 0. The van der Waals surface area contributed by atoms with Crippen molar-refractivity contribution in [1.82, 2.24) is 5.32 Å². The Hall–Kier alpha value is -1.88. The molecule has 0 atom stereocenters. The second-order valence-corrected chi connectivity index (χ2v) is 4.19. The number of rotatable bonds is 5. The number of amides is 2. The third-order valence-corrected chi connectivity index (χ3v) is 2.68. The van der Waals surface area contributed by atoms with E-state index in [9.17, 15) is 9.59 Å². The fourth-order valence-electron chi connectivity index (χ4n) is 1.64. The van der Waals surface area contributed by atoms with Gasteiger partial charge < -0.3 is 16.0 Å². The first-order valence-electron chi connectivity index (χ1n) is 5.93. The van der Waals surface area contributed by atoms with Gasteiger partial charge in [0.05, 0.1) is 0 Å². The van der Waals surface area contributed by atoms with Gasteiger partial charge >= 0.3 is 0 Å². The standard InChI is InChI=1S/C13H19N3O2/c1-9-5-4-6-10(2)13(9)16-12(18)8-15-7-11(17)14-3/h4-6,15H,7-8H2,1-3H3,(H,14,17)(H,16,18)/p+1. The Bertz CT molecular complexity index is 424. The predicted molar refractivity (Wildman–Crippen MR) is 70.3 cm³/mol. The van der Waals surface area contributed by atoms with Crippen LogP contribution in [0.5, 0.6) is 0 Å². The first kappa shape index (κ1) is 14.2. The Balaban J connectivity index is 2.47. The van der Waals surface area contributed by atoms with Crippen LogP contribution in [0.1, 0.15) is 11.1 Å². The van der Waals surface area contributed by atoms with Gasteiger partial charge in [-0.1, -0.05) is 18.2 Å². The van der Waals surface area contributed by atoms with Crippen molar-refractivity contribution in [3.63, 3.8) is 0 Å². The largest absolute Gasteiger partial charge is 0.354 e. The molecule has 0 heterocycles. The van der Waals surface area contributed by atoms with E-state index in [2.05, 4.69) is 10.6 Å². The van der Waals surface area contributed by atoms with Crippen LogP contribution in [0.2, 0.25) is 0 Å². The zero-order valence-corrected chi connectivity index (χ0v) is 11.0. The van der Waals surface area contributed by atoms with Gasteiger partial charge in [-0.05, 0) is 25.0 Å². The van der Waals surface area contributed by atoms with Gasteiger partial charge in [0.25, 0.3) is 11.8 Å². The van der Waals surface area contributed by atoms with Crippen LogP contribution >= 0.6 is 0 Å². The van der Waals surface area contributed by atoms with Crippen LogP contribution in [-0.4, -0.2) is 32.0 Å². The molecular weight excluding hydrogens is 230 g/mol. The van der Waals surface area contributed by atoms with Gasteiger partial charge in [-0.15, -0.1) is 0 Å². The van der Waals surface area contributed by atoms with Gasteiger partial charge in [-0.2, -0.15) is 0 Å². The van der Waals surface area contributed by atoms with E-state index in [1.807, 2.05) is 32.0 Å². The molecule has 0 unspecified atom stereocenters. The average Bonchev–Trinajstić information content (AvgIpc) is 2.34. The van der Waals surface area contributed by atoms with Gasteiger partial charge in [0.15, 0.2) is 13.1 Å². The Morgan fingerprint density at radius 2 is 1.67 bits per heavy atom. The lowest BCUT2D eigenvalue weighted by molar-refractivity contribution is -0.632. The lowest BCUT2D eigenvalue weighted by atomic mass is 10.1. The van der Waals surface area contributed by atoms with E-state index < -0.39 is 0 Å². The van der Waals surface area contributed by atoms with Crippen LogP contribution in [-0.2, 0) is 9.59 Å². The average molecular weight is 250 g/mol. The maximum atomic E-state index is 11.7. The molecule has 4 N–H and O–H groups in total. The number of quaternary nitrogens is 1. The predicted octanol–water partition coefficient (Wildman–Crippen LogP) is -0.449. The normalized spacial score (nSPS) is 9.94. The zero-order chi connectivity index (χ0) is 13.5. The number of anilines is 1. The van der Waals surface area contributed by atoms with E-state index in [0.717, 1.165) is 16.8 Å². The molecule has 0 aliphatic carbocycles. The molecule has 5 heteroatoms. The Kier molecular flexibility index (Phi) is 5.32. The van der Waals surface area contributed by atoms with E-state index in [1.54, 1.807) is 12.4 Å². The van der Waals surface area contributed by atoms with Crippen molar-refractivity contribution in [3.8, 4) is 0 Å². The molecule has 1 aromatic carbocycles. The van der Waals surface area contributed by atoms with E-state index in [-0.39, 0.29) is 24.9 Å². The molecular formula is C13H20N3O2+. The molecule has 0 aliphatic rings. The summed E-state index contributed by atoms with van der Waals surface area (Å²) in [6, 6.07) is 5.87. The maximum absolute atomic E-state index is 11.7. The maximum Gasteiger partial charge on any atom is 0.279 e. The number of benzene rings is 1. The second kappa shape index (κ2) is 6.76. The summed E-state index contributed by atoms with van der Waals surface area (Å²) in [5.41, 5.74) is 2.93. The summed E-state index contributed by atoms with van der Waals surface area (Å²) in [7, 11) is 1.58. The quantitative estimate of drug-likeness (QED) is 0.662. The molecule has 1 rings (SSSR count). The molecule has 0 fully saturated rings. The summed E-state index contributed by atoms with van der Waals surface area (Å²) in [5.74, 6) is -0.189. The topological polar surface area (TPSA) is 74.8 Å². The minimum absolute atomic E-state index is 0.0881. The first-order chi connectivity index (χ1) is 8.54. The minimum atomic E-state index is -0.101. The summed E-state index contributed by atoms with van der Waals surface area (Å²) in [6.45, 7) is 4.41. The lowest BCUT2D eigenvalue weighted by Crippen LogP contribution is -2.88. The molecule has 0 aromatic heterocycles. The number of hydrogen-bond donors (Lipinski definition) is 3. The minimum Gasteiger partial charge on any atom is -0.354 e. The molecule has 18 heavy (non-hydrogen) atoms. The summed E-state index contributed by atoms with van der Waals surface area (Å²) in [5, 5.41) is 7.04. The fraction of sp³-hybridized carbons (Fsp3) is 0.385. The van der Waals surface area contributed by atoms with Crippen molar-refractivity contribution in [2.45, 2.75) is 13.8 Å². The fourth-order valence-corrected chi connectivity index (χ4v) is 1.64. The van der Waals surface area contributed by atoms with Crippen molar-refractivity contribution in [3.05, 3.63) is 29.3 Å². The second-order valence-electron chi connectivity index (χ2n) is 4.19. The van der Waals surface area contributed by atoms with Gasteiger partial charge in [-0.3, -0.25) is 9.59 Å². The highest BCUT2D eigenvalue weighted by atomic mass is 16.2. The van der Waals surface area contributed by atoms with Crippen LogP contribution in [0.4, 0.5) is 5.69 Å². The SMILES string of the molecule is CNC(=O)C[NH2+]CC(=O)Nc1c(C)cccc1C. The number of nitrogens with two attached hydrogens (primary N) is 1. The molecule has 98 valence electrons. The van der Waals surface area contributed by atoms with Crippen molar-refractivity contribution >= 4 is 17.5 Å². The molecule has 2 amide bonds. The van der Waals surface area contributed by atoms with Crippen molar-refractivity contribution in [2.75, 3.05) is 25.5 Å². The van der Waals surface area contributed by atoms with Crippen LogP contribution in [0.25, 0.3) is 0 Å². The molecule has 0 saturated heterocycles. The van der Waals surface area contributed by atoms with Gasteiger partial charge in [0.1, 0.15) is 0 Å². The van der Waals surface area contributed by atoms with Gasteiger partial charge in [0, 0.05) is 12.7 Å². The third-order valence-electron chi connectivity index (χ3n) is 2.68. The Labute approximate surface area is 107 Å². The third kappa shape index (κ3) is 4.18. The van der Waals surface area contributed by atoms with Crippen LogP contribution < -0.4 is 16.0 Å². The summed E-state index contributed by atoms with van der Waals surface area (Å²) < 4.78 is 0. The number of carbonyl (C=O) groups is 2. The number of hydrogen-bond acceptors (Lipinski definition) is 2. The van der Waals surface area contributed by atoms with Crippen molar-refractivity contribution in [1.29, 1.82) is 0 Å². The number of carbonyl (C=O) groups excluding carboxylic acids is 2. The molecule has 0 radical (unpaired) electrons. The number of para-hydroxylation sites is 1. The van der Waals surface area contributed by atoms with Crippen LogP contribution in [0.3, 0.4) is 0 Å². The Morgan fingerprint density at radius 3 is 2.22 bits per heavy atom. The summed E-state index contributed by atoms with van der Waals surface area (Å²) in [4.78, 5) is 22.7. The number of likely N-dealkylation sites (N-methyl/N-ethyl adjacent to an activating group) is 1. The van der Waals surface area contributed by atoms with E-state index in [0.29, 0.717) is 0 Å². The van der Waals surface area contributed by atoms with Gasteiger partial charge in [0.2, 0.25) is 0 Å². The lowest BCUT2D eigenvalue weighted by Gasteiger charge is -2.10. The first-order valence-corrected chi connectivity index (χ1v) is 5.93. The number of nitrogens with one attached hydrogen (secondary N) is 2. The molecule has 0 aliphatic heterocycles. The number of aryl methyl sites for hydroxylation is 2. The monoisotopic (exact) mass is 250 g/mol. The molecule has 5 nitrogen and oxygen atoms in total. The van der Waals surface area contributed by atoms with Crippen LogP contribution in [0, 0.1) is 13.8 Å². The molecule has 0 bridgehead atoms. The Morgan fingerprint density at radius 1 is 1.11 bits per heavy atom. The van der Waals surface area contributed by atoms with E-state index >= 15 is 0 Å². The van der Waals surface area contributed by atoms with E-state index in [4.69, 9.17) is 0 Å². The summed E-state index contributed by atoms with van der Waals surface area (Å²) in [6.07, 6.45) is 0. The zero-order valence-electron chi connectivity index (χ0n) is 11.0.